The van der Waals surface area contributed by atoms with Crippen molar-refractivity contribution in [3.8, 4) is 5.75 Å². The van der Waals surface area contributed by atoms with Gasteiger partial charge in [-0.05, 0) is 29.7 Å². The summed E-state index contributed by atoms with van der Waals surface area (Å²) in [6, 6.07) is 5.68. The van der Waals surface area contributed by atoms with Gasteiger partial charge < -0.3 is 9.84 Å². The van der Waals surface area contributed by atoms with Crippen LogP contribution < -0.4 is 4.74 Å². The molecule has 0 aromatic heterocycles. The maximum atomic E-state index is 10.9. The van der Waals surface area contributed by atoms with Crippen LogP contribution in [-0.2, 0) is 4.79 Å². The lowest BCUT2D eigenvalue weighted by molar-refractivity contribution is -0.137. The second-order valence-corrected chi connectivity index (χ2v) is 5.25. The highest BCUT2D eigenvalue weighted by Crippen LogP contribution is 2.36. The molecule has 1 aromatic rings. The van der Waals surface area contributed by atoms with E-state index in [1.54, 1.807) is 7.11 Å². The van der Waals surface area contributed by atoms with Crippen LogP contribution in [0.4, 0.5) is 0 Å². The Labute approximate surface area is 110 Å². The zero-order chi connectivity index (χ0) is 13.0. The fourth-order valence-electron chi connectivity index (χ4n) is 1.89. The monoisotopic (exact) mass is 300 g/mol. The minimum atomic E-state index is -0.786. The first kappa shape index (κ1) is 14.0. The standard InChI is InChI=1S/C13H17BrO3/c1-8(2)10(7-13(15)16)11-6-9(14)4-5-12(11)17-3/h4-6,8,10H,7H2,1-3H3,(H,15,16). The summed E-state index contributed by atoms with van der Waals surface area (Å²) in [5, 5.41) is 8.97. The van der Waals surface area contributed by atoms with Crippen LogP contribution in [0.25, 0.3) is 0 Å². The largest absolute Gasteiger partial charge is 0.496 e. The Kier molecular flexibility index (Phi) is 5.00. The second kappa shape index (κ2) is 6.05. The molecule has 0 aliphatic heterocycles. The normalized spacial score (nSPS) is 12.5. The van der Waals surface area contributed by atoms with E-state index in [0.29, 0.717) is 0 Å². The molecule has 0 aliphatic rings. The summed E-state index contributed by atoms with van der Waals surface area (Å²) in [5.41, 5.74) is 0.944. The van der Waals surface area contributed by atoms with Crippen molar-refractivity contribution < 1.29 is 14.6 Å². The van der Waals surface area contributed by atoms with Crippen LogP contribution in [0.1, 0.15) is 31.7 Å². The molecule has 1 N–H and O–H groups in total. The minimum Gasteiger partial charge on any atom is -0.496 e. The number of halogens is 1. The van der Waals surface area contributed by atoms with E-state index in [2.05, 4.69) is 15.9 Å². The lowest BCUT2D eigenvalue weighted by atomic mass is 9.85. The molecule has 1 atom stereocenters. The first-order valence-electron chi connectivity index (χ1n) is 5.51. The first-order chi connectivity index (χ1) is 7.95. The van der Waals surface area contributed by atoms with Gasteiger partial charge in [0.2, 0.25) is 0 Å². The number of benzene rings is 1. The molecule has 1 rings (SSSR count). The van der Waals surface area contributed by atoms with Crippen LogP contribution in [-0.4, -0.2) is 18.2 Å². The van der Waals surface area contributed by atoms with Gasteiger partial charge in [-0.1, -0.05) is 29.8 Å². The van der Waals surface area contributed by atoms with Gasteiger partial charge in [-0.3, -0.25) is 4.79 Å². The molecular weight excluding hydrogens is 284 g/mol. The van der Waals surface area contributed by atoms with Crippen molar-refractivity contribution in [2.75, 3.05) is 7.11 Å². The number of hydrogen-bond donors (Lipinski definition) is 1. The Morgan fingerprint density at radius 2 is 2.12 bits per heavy atom. The van der Waals surface area contributed by atoms with Crippen molar-refractivity contribution in [2.24, 2.45) is 5.92 Å². The number of carboxylic acids is 1. The SMILES string of the molecule is COc1ccc(Br)cc1C(CC(=O)O)C(C)C. The molecule has 1 aromatic carbocycles. The summed E-state index contributed by atoms with van der Waals surface area (Å²) >= 11 is 3.41. The average molecular weight is 301 g/mol. The topological polar surface area (TPSA) is 46.5 Å². The van der Waals surface area contributed by atoms with Crippen LogP contribution in [0, 0.1) is 5.92 Å². The molecule has 1 unspecified atom stereocenters. The molecule has 3 nitrogen and oxygen atoms in total. The van der Waals surface area contributed by atoms with Gasteiger partial charge in [0.1, 0.15) is 5.75 Å². The van der Waals surface area contributed by atoms with Gasteiger partial charge in [0, 0.05) is 10.4 Å². The van der Waals surface area contributed by atoms with Gasteiger partial charge in [0.25, 0.3) is 0 Å². The molecule has 0 bridgehead atoms. The number of aliphatic carboxylic acids is 1. The Morgan fingerprint density at radius 3 is 2.59 bits per heavy atom. The van der Waals surface area contributed by atoms with Gasteiger partial charge in [-0.2, -0.15) is 0 Å². The third kappa shape index (κ3) is 3.73. The Morgan fingerprint density at radius 1 is 1.47 bits per heavy atom. The fourth-order valence-corrected chi connectivity index (χ4v) is 2.27. The summed E-state index contributed by atoms with van der Waals surface area (Å²) in [7, 11) is 1.60. The number of hydrogen-bond acceptors (Lipinski definition) is 2. The zero-order valence-corrected chi connectivity index (χ0v) is 11.8. The minimum absolute atomic E-state index is 0.0417. The predicted octanol–water partition coefficient (Wildman–Crippen LogP) is 3.67. The van der Waals surface area contributed by atoms with E-state index in [4.69, 9.17) is 9.84 Å². The smallest absolute Gasteiger partial charge is 0.303 e. The zero-order valence-electron chi connectivity index (χ0n) is 10.2. The highest BCUT2D eigenvalue weighted by atomic mass is 79.9. The molecule has 0 saturated carbocycles. The van der Waals surface area contributed by atoms with Crippen LogP contribution in [0.2, 0.25) is 0 Å². The molecule has 0 radical (unpaired) electrons. The van der Waals surface area contributed by atoms with Crippen LogP contribution in [0.3, 0.4) is 0 Å². The van der Waals surface area contributed by atoms with Gasteiger partial charge >= 0.3 is 5.97 Å². The third-order valence-corrected chi connectivity index (χ3v) is 3.28. The average Bonchev–Trinajstić information content (AvgIpc) is 2.25. The van der Waals surface area contributed by atoms with Crippen molar-refractivity contribution in [1.29, 1.82) is 0 Å². The van der Waals surface area contributed by atoms with Crippen molar-refractivity contribution in [3.05, 3.63) is 28.2 Å². The molecule has 94 valence electrons. The number of carbonyl (C=O) groups is 1. The summed E-state index contributed by atoms with van der Waals surface area (Å²) in [4.78, 5) is 10.9. The maximum Gasteiger partial charge on any atom is 0.303 e. The number of methoxy groups -OCH3 is 1. The van der Waals surface area contributed by atoms with Crippen molar-refractivity contribution in [1.82, 2.24) is 0 Å². The van der Waals surface area contributed by atoms with Crippen LogP contribution in [0.15, 0.2) is 22.7 Å². The molecule has 0 aliphatic carbocycles. The van der Waals surface area contributed by atoms with Crippen LogP contribution >= 0.6 is 15.9 Å². The highest BCUT2D eigenvalue weighted by molar-refractivity contribution is 9.10. The Balaban J connectivity index is 3.16. The lowest BCUT2D eigenvalue weighted by Gasteiger charge is -2.22. The quantitative estimate of drug-likeness (QED) is 0.902. The van der Waals surface area contributed by atoms with E-state index < -0.39 is 5.97 Å². The lowest BCUT2D eigenvalue weighted by Crippen LogP contribution is -2.13. The first-order valence-corrected chi connectivity index (χ1v) is 6.30. The molecule has 0 heterocycles. The molecule has 0 fully saturated rings. The summed E-state index contributed by atoms with van der Waals surface area (Å²) in [6.45, 7) is 4.04. The maximum absolute atomic E-state index is 10.9. The molecular formula is C13H17BrO3. The Bertz CT molecular complexity index is 402. The van der Waals surface area contributed by atoms with Gasteiger partial charge in [-0.25, -0.2) is 0 Å². The summed E-state index contributed by atoms with van der Waals surface area (Å²) < 4.78 is 6.23. The van der Waals surface area contributed by atoms with E-state index in [-0.39, 0.29) is 18.3 Å². The van der Waals surface area contributed by atoms with E-state index in [9.17, 15) is 4.79 Å². The van der Waals surface area contributed by atoms with Gasteiger partial charge in [0.05, 0.1) is 13.5 Å². The molecule has 0 saturated heterocycles. The van der Waals surface area contributed by atoms with Gasteiger partial charge in [-0.15, -0.1) is 0 Å². The second-order valence-electron chi connectivity index (χ2n) is 4.33. The van der Waals surface area contributed by atoms with Crippen LogP contribution in [0.5, 0.6) is 5.75 Å². The molecule has 0 spiro atoms. The number of ether oxygens (including phenoxy) is 1. The third-order valence-electron chi connectivity index (χ3n) is 2.79. The van der Waals surface area contributed by atoms with Gasteiger partial charge in [0.15, 0.2) is 0 Å². The number of rotatable bonds is 5. The van der Waals surface area contributed by atoms with Crippen molar-refractivity contribution in [3.63, 3.8) is 0 Å². The number of carboxylic acid groups (broad SMARTS) is 1. The van der Waals surface area contributed by atoms with E-state index in [1.807, 2.05) is 32.0 Å². The van der Waals surface area contributed by atoms with Crippen molar-refractivity contribution >= 4 is 21.9 Å². The highest BCUT2D eigenvalue weighted by Gasteiger charge is 2.22. The summed E-state index contributed by atoms with van der Waals surface area (Å²) in [5.74, 6) is 0.160. The van der Waals surface area contributed by atoms with E-state index in [0.717, 1.165) is 15.8 Å². The van der Waals surface area contributed by atoms with E-state index >= 15 is 0 Å². The molecule has 0 amide bonds. The molecule has 17 heavy (non-hydrogen) atoms. The van der Waals surface area contributed by atoms with Crippen molar-refractivity contribution in [2.45, 2.75) is 26.2 Å². The predicted molar refractivity (Wildman–Crippen MR) is 70.5 cm³/mol. The summed E-state index contributed by atoms with van der Waals surface area (Å²) in [6.07, 6.45) is 0.116. The van der Waals surface area contributed by atoms with E-state index in [1.165, 1.54) is 0 Å². The fraction of sp³-hybridized carbons (Fsp3) is 0.462. The Hall–Kier alpha value is -1.03. The molecule has 4 heteroatoms.